The molecule has 2 saturated heterocycles. The minimum absolute atomic E-state index is 0.393. The predicted molar refractivity (Wildman–Crippen MR) is 103 cm³/mol. The van der Waals surface area contributed by atoms with Crippen molar-refractivity contribution in [1.82, 2.24) is 9.62 Å². The molecule has 1 unspecified atom stereocenters. The highest BCUT2D eigenvalue weighted by atomic mass is 32.2. The summed E-state index contributed by atoms with van der Waals surface area (Å²) in [5, 5.41) is 10.3. The number of hydrogen-bond donors (Lipinski definition) is 2. The molecule has 3 aliphatic rings. The molecule has 154 valence electrons. The quantitative estimate of drug-likeness (QED) is 0.771. The number of benzene rings is 1. The van der Waals surface area contributed by atoms with Gasteiger partial charge in [-0.1, -0.05) is 12.8 Å². The van der Waals surface area contributed by atoms with Gasteiger partial charge < -0.3 is 10.0 Å². The van der Waals surface area contributed by atoms with E-state index < -0.39 is 39.9 Å². The van der Waals surface area contributed by atoms with Gasteiger partial charge in [-0.2, -0.15) is 8.42 Å². The summed E-state index contributed by atoms with van der Waals surface area (Å²) >= 11 is 0. The van der Waals surface area contributed by atoms with Crippen LogP contribution >= 0.6 is 0 Å². The van der Waals surface area contributed by atoms with Gasteiger partial charge in [0.05, 0.1) is 0 Å². The fourth-order valence-electron chi connectivity index (χ4n) is 4.79. The summed E-state index contributed by atoms with van der Waals surface area (Å²) in [5.74, 6) is -0.856. The lowest BCUT2D eigenvalue weighted by Gasteiger charge is -2.20. The third kappa shape index (κ3) is 3.96. The van der Waals surface area contributed by atoms with Gasteiger partial charge in [-0.15, -0.1) is 0 Å². The lowest BCUT2D eigenvalue weighted by molar-refractivity contribution is -0.117. The van der Waals surface area contributed by atoms with Crippen molar-refractivity contribution >= 4 is 21.8 Å². The first kappa shape index (κ1) is 19.4. The molecule has 2 N–H and O–H groups in total. The van der Waals surface area contributed by atoms with E-state index in [9.17, 15) is 22.7 Å². The molecule has 0 spiro atoms. The number of carbonyl (C=O) groups excluding carboxylic acids is 1. The van der Waals surface area contributed by atoms with Gasteiger partial charge in [0.25, 0.3) is 5.91 Å². The zero-order chi connectivity index (χ0) is 19.9. The molecule has 2 aliphatic heterocycles. The molecule has 1 amide bonds. The molecule has 7 nitrogen and oxygen atoms in total. The summed E-state index contributed by atoms with van der Waals surface area (Å²) in [4.78, 5) is 13.9. The van der Waals surface area contributed by atoms with E-state index in [0.717, 1.165) is 32.0 Å². The van der Waals surface area contributed by atoms with E-state index in [4.69, 9.17) is 0 Å². The van der Waals surface area contributed by atoms with Gasteiger partial charge in [0.2, 0.25) is 0 Å². The van der Waals surface area contributed by atoms with Crippen LogP contribution in [-0.2, 0) is 21.4 Å². The molecule has 28 heavy (non-hydrogen) atoms. The van der Waals surface area contributed by atoms with Crippen molar-refractivity contribution in [2.24, 2.45) is 11.8 Å². The number of anilines is 1. The van der Waals surface area contributed by atoms with Gasteiger partial charge in [-0.05, 0) is 61.8 Å². The van der Waals surface area contributed by atoms with Crippen LogP contribution in [0.4, 0.5) is 10.1 Å². The third-order valence-corrected chi connectivity index (χ3v) is 7.44. The first-order valence-electron chi connectivity index (χ1n) is 9.89. The molecular weight excluding hydrogens is 385 g/mol. The highest BCUT2D eigenvalue weighted by molar-refractivity contribution is 7.92. The summed E-state index contributed by atoms with van der Waals surface area (Å²) in [6, 6.07) is 2.68. The number of phenolic OH excluding ortho intramolecular Hbond substituents is 1. The summed E-state index contributed by atoms with van der Waals surface area (Å²) in [7, 11) is -4.16. The second kappa shape index (κ2) is 7.51. The number of aromatic hydroxyl groups is 1. The average Bonchev–Trinajstić information content (AvgIpc) is 3.30. The first-order chi connectivity index (χ1) is 13.3. The van der Waals surface area contributed by atoms with E-state index in [2.05, 4.69) is 4.90 Å². The van der Waals surface area contributed by atoms with E-state index in [0.29, 0.717) is 22.2 Å². The van der Waals surface area contributed by atoms with Crippen LogP contribution in [0.1, 0.15) is 37.7 Å². The topological polar surface area (TPSA) is 90.0 Å². The fourth-order valence-corrected chi connectivity index (χ4v) is 5.96. The molecule has 2 heterocycles. The van der Waals surface area contributed by atoms with Crippen molar-refractivity contribution in [2.45, 2.75) is 38.5 Å². The maximum absolute atomic E-state index is 14.6. The maximum atomic E-state index is 14.6. The zero-order valence-electron chi connectivity index (χ0n) is 15.7. The minimum atomic E-state index is -4.16. The molecule has 0 bridgehead atoms. The minimum Gasteiger partial charge on any atom is -0.506 e. The largest absolute Gasteiger partial charge is 0.506 e. The van der Waals surface area contributed by atoms with Crippen molar-refractivity contribution < 1.29 is 22.7 Å². The molecule has 1 aliphatic carbocycles. The summed E-state index contributed by atoms with van der Waals surface area (Å²) in [6.45, 7) is 2.63. The van der Waals surface area contributed by atoms with E-state index >= 15 is 0 Å². The van der Waals surface area contributed by atoms with Crippen LogP contribution < -0.4 is 9.03 Å². The average molecular weight is 411 g/mol. The van der Waals surface area contributed by atoms with E-state index in [1.54, 1.807) is 4.72 Å². The highest BCUT2D eigenvalue weighted by Gasteiger charge is 2.37. The number of amides is 1. The molecule has 9 heteroatoms. The third-order valence-electron chi connectivity index (χ3n) is 6.06. The summed E-state index contributed by atoms with van der Waals surface area (Å²) in [6.07, 6.45) is 6.98. The zero-order valence-corrected chi connectivity index (χ0v) is 16.5. The second-order valence-electron chi connectivity index (χ2n) is 8.25. The van der Waals surface area contributed by atoms with E-state index in [1.807, 2.05) is 0 Å². The normalized spacial score (nSPS) is 25.5. The van der Waals surface area contributed by atoms with E-state index in [1.165, 1.54) is 37.8 Å². The molecule has 0 aromatic heterocycles. The van der Waals surface area contributed by atoms with Crippen molar-refractivity contribution in [1.29, 1.82) is 0 Å². The van der Waals surface area contributed by atoms with Crippen LogP contribution in [0.5, 0.6) is 5.75 Å². The summed E-state index contributed by atoms with van der Waals surface area (Å²) in [5.41, 5.74) is 0.165. The molecule has 4 rings (SSSR count). The lowest BCUT2D eigenvalue weighted by Crippen LogP contribution is -2.30. The Hall–Kier alpha value is -1.87. The monoisotopic (exact) mass is 411 g/mol. The molecule has 1 atom stereocenters. The SMILES string of the molecule is O=C1CN(c2c(O)cc(CC3CCN(CC4CCCC4)C3)cc2F)S(=O)(=O)N1. The predicted octanol–water partition coefficient (Wildman–Crippen LogP) is 1.77. The van der Waals surface area contributed by atoms with Gasteiger partial charge in [-0.3, -0.25) is 4.79 Å². The van der Waals surface area contributed by atoms with Crippen LogP contribution in [0.2, 0.25) is 0 Å². The Bertz CT molecular complexity index is 847. The lowest BCUT2D eigenvalue weighted by atomic mass is 9.98. The van der Waals surface area contributed by atoms with Crippen LogP contribution in [0.25, 0.3) is 0 Å². The highest BCUT2D eigenvalue weighted by Crippen LogP contribution is 2.36. The van der Waals surface area contributed by atoms with Crippen molar-refractivity contribution in [3.05, 3.63) is 23.5 Å². The molecule has 1 aromatic carbocycles. The van der Waals surface area contributed by atoms with Crippen LogP contribution in [0, 0.1) is 17.7 Å². The number of likely N-dealkylation sites (tertiary alicyclic amines) is 1. The van der Waals surface area contributed by atoms with Gasteiger partial charge >= 0.3 is 10.2 Å². The number of phenols is 1. The summed E-state index contributed by atoms with van der Waals surface area (Å²) < 4.78 is 40.8. The van der Waals surface area contributed by atoms with Gasteiger partial charge in [0.1, 0.15) is 18.0 Å². The fraction of sp³-hybridized carbons (Fsp3) is 0.632. The Morgan fingerprint density at radius 3 is 2.57 bits per heavy atom. The Morgan fingerprint density at radius 1 is 1.18 bits per heavy atom. The Balaban J connectivity index is 1.43. The Morgan fingerprint density at radius 2 is 1.93 bits per heavy atom. The van der Waals surface area contributed by atoms with Gasteiger partial charge in [0, 0.05) is 13.1 Å². The molecule has 1 saturated carbocycles. The molecule has 3 fully saturated rings. The Labute approximate surface area is 164 Å². The van der Waals surface area contributed by atoms with Crippen LogP contribution in [0.3, 0.4) is 0 Å². The second-order valence-corrected chi connectivity index (χ2v) is 9.85. The molecule has 0 radical (unpaired) electrons. The first-order valence-corrected chi connectivity index (χ1v) is 11.3. The Kier molecular flexibility index (Phi) is 5.22. The number of nitrogens with zero attached hydrogens (tertiary/aromatic N) is 2. The van der Waals surface area contributed by atoms with Crippen LogP contribution in [-0.4, -0.2) is 50.5 Å². The number of rotatable bonds is 5. The van der Waals surface area contributed by atoms with Gasteiger partial charge in [-0.25, -0.2) is 13.4 Å². The standard InChI is InChI=1S/C19H26FN3O4S/c20-16-8-15(7-14-5-6-22(11-14)10-13-3-1-2-4-13)9-17(24)19(16)23-12-18(25)21-28(23,26)27/h8-9,13-14,24H,1-7,10-12H2,(H,21,25). The molecule has 1 aromatic rings. The number of halogens is 1. The molecular formula is C19H26FN3O4S. The van der Waals surface area contributed by atoms with Crippen molar-refractivity contribution in [3.63, 3.8) is 0 Å². The number of hydrogen-bond acceptors (Lipinski definition) is 5. The van der Waals surface area contributed by atoms with Crippen molar-refractivity contribution in [3.8, 4) is 5.75 Å². The van der Waals surface area contributed by atoms with Crippen LogP contribution in [0.15, 0.2) is 12.1 Å². The van der Waals surface area contributed by atoms with Gasteiger partial charge in [0.15, 0.2) is 5.82 Å². The smallest absolute Gasteiger partial charge is 0.326 e. The number of carbonyl (C=O) groups is 1. The van der Waals surface area contributed by atoms with Crippen molar-refractivity contribution in [2.75, 3.05) is 30.5 Å². The number of nitrogens with one attached hydrogen (secondary N) is 1. The maximum Gasteiger partial charge on any atom is 0.326 e. The van der Waals surface area contributed by atoms with E-state index in [-0.39, 0.29) is 0 Å².